The second-order valence-electron chi connectivity index (χ2n) is 4.56. The van der Waals surface area contributed by atoms with Crippen molar-refractivity contribution < 1.29 is 9.15 Å². The first-order chi connectivity index (χ1) is 11.2. The van der Waals surface area contributed by atoms with Gasteiger partial charge in [-0.05, 0) is 31.2 Å². The molecule has 0 radical (unpaired) electrons. The average molecular weight is 349 g/mol. The monoisotopic (exact) mass is 349 g/mol. The lowest BCUT2D eigenvalue weighted by Crippen LogP contribution is -1.88. The maximum atomic E-state index is 5.77. The normalized spacial score (nSPS) is 12.1. The van der Waals surface area contributed by atoms with Gasteiger partial charge in [0.2, 0.25) is 16.9 Å². The molecule has 3 aromatic rings. The van der Waals surface area contributed by atoms with Gasteiger partial charge in [0, 0.05) is 12.6 Å². The maximum Gasteiger partial charge on any atom is 0.247 e. The van der Waals surface area contributed by atoms with Crippen LogP contribution in [0.1, 0.15) is 18.1 Å². The summed E-state index contributed by atoms with van der Waals surface area (Å²) in [7, 11) is 3.45. The van der Waals surface area contributed by atoms with Crippen LogP contribution in [-0.2, 0) is 0 Å². The highest BCUT2D eigenvalue weighted by Gasteiger charge is 2.18. The number of nitrogens with zero attached hydrogens (tertiary/aromatic N) is 4. The van der Waals surface area contributed by atoms with Gasteiger partial charge in [0.05, 0.1) is 12.4 Å². The number of thioether (sulfide) groups is 1. The first-order valence-corrected chi connectivity index (χ1v) is 8.55. The van der Waals surface area contributed by atoms with E-state index in [0.717, 1.165) is 20.8 Å². The van der Waals surface area contributed by atoms with Crippen molar-refractivity contribution in [3.8, 4) is 17.2 Å². The predicted molar refractivity (Wildman–Crippen MR) is 90.0 cm³/mol. The quantitative estimate of drug-likeness (QED) is 0.677. The van der Waals surface area contributed by atoms with Crippen molar-refractivity contribution >= 4 is 28.2 Å². The average Bonchev–Trinajstić information content (AvgIpc) is 3.24. The molecule has 0 unspecified atom stereocenters. The zero-order valence-corrected chi connectivity index (χ0v) is 14.4. The molecule has 0 spiro atoms. The lowest BCUT2D eigenvalue weighted by atomic mass is 10.2. The largest absolute Gasteiger partial charge is 0.497 e. The van der Waals surface area contributed by atoms with Crippen molar-refractivity contribution in [2.24, 2.45) is 0 Å². The van der Waals surface area contributed by atoms with Crippen molar-refractivity contribution in [1.29, 1.82) is 0 Å². The van der Waals surface area contributed by atoms with E-state index in [9.17, 15) is 0 Å². The summed E-state index contributed by atoms with van der Waals surface area (Å²) in [6, 6.07) is 7.49. The molecule has 0 saturated heterocycles. The van der Waals surface area contributed by atoms with Gasteiger partial charge >= 0.3 is 0 Å². The molecular weight excluding hydrogens is 334 g/mol. The van der Waals surface area contributed by atoms with E-state index in [1.807, 2.05) is 38.2 Å². The standard InChI is InChI=1S/C14H15N5O2S2/c1-8(22-14-19-18-13(15-2)23-14)11-16-17-12(21-11)9-4-6-10(20-3)7-5-9/h4-8H,1-3H3,(H,15,18)/t8-/m0/s1. The van der Waals surface area contributed by atoms with Crippen LogP contribution in [0.2, 0.25) is 0 Å². The van der Waals surface area contributed by atoms with E-state index in [2.05, 4.69) is 25.7 Å². The van der Waals surface area contributed by atoms with E-state index < -0.39 is 0 Å². The number of nitrogens with one attached hydrogen (secondary N) is 1. The first-order valence-electron chi connectivity index (χ1n) is 6.85. The van der Waals surface area contributed by atoms with Crippen LogP contribution in [0, 0.1) is 0 Å². The summed E-state index contributed by atoms with van der Waals surface area (Å²) in [5.74, 6) is 1.83. The Hall–Kier alpha value is -2.13. The minimum atomic E-state index is -0.00726. The third-order valence-electron chi connectivity index (χ3n) is 3.02. The molecule has 1 aromatic carbocycles. The van der Waals surface area contributed by atoms with E-state index in [1.54, 1.807) is 7.11 Å². The molecule has 0 aliphatic heterocycles. The van der Waals surface area contributed by atoms with Crippen molar-refractivity contribution in [1.82, 2.24) is 20.4 Å². The molecule has 0 bridgehead atoms. The van der Waals surface area contributed by atoms with Gasteiger partial charge in [-0.25, -0.2) is 0 Å². The number of anilines is 1. The van der Waals surface area contributed by atoms with Crippen LogP contribution < -0.4 is 10.1 Å². The number of rotatable bonds is 6. The highest BCUT2D eigenvalue weighted by Crippen LogP contribution is 2.37. The summed E-state index contributed by atoms with van der Waals surface area (Å²) in [6.07, 6.45) is 0. The topological polar surface area (TPSA) is 86.0 Å². The Bertz CT molecular complexity index is 772. The minimum absolute atomic E-state index is 0.00726. The molecule has 0 amide bonds. The molecular formula is C14H15N5O2S2. The van der Waals surface area contributed by atoms with E-state index in [4.69, 9.17) is 9.15 Å². The smallest absolute Gasteiger partial charge is 0.247 e. The molecule has 1 N–H and O–H groups in total. The first kappa shape index (κ1) is 15.8. The molecule has 1 atom stereocenters. The number of hydrogen-bond donors (Lipinski definition) is 1. The van der Waals surface area contributed by atoms with E-state index in [1.165, 1.54) is 23.1 Å². The lowest BCUT2D eigenvalue weighted by molar-refractivity contribution is 0.415. The Labute approximate surface area is 141 Å². The Morgan fingerprint density at radius 1 is 1.17 bits per heavy atom. The number of benzene rings is 1. The fourth-order valence-corrected chi connectivity index (χ4v) is 3.69. The van der Waals surface area contributed by atoms with Gasteiger partial charge in [0.25, 0.3) is 0 Å². The third kappa shape index (κ3) is 3.62. The Morgan fingerprint density at radius 3 is 2.61 bits per heavy atom. The molecule has 2 heterocycles. The zero-order chi connectivity index (χ0) is 16.2. The van der Waals surface area contributed by atoms with Gasteiger partial charge in [-0.3, -0.25) is 0 Å². The van der Waals surface area contributed by atoms with Gasteiger partial charge < -0.3 is 14.5 Å². The Kier molecular flexibility index (Phi) is 4.77. The fraction of sp³-hybridized carbons (Fsp3) is 0.286. The van der Waals surface area contributed by atoms with Crippen LogP contribution in [0.3, 0.4) is 0 Å². The van der Waals surface area contributed by atoms with Gasteiger partial charge in [0.15, 0.2) is 4.34 Å². The van der Waals surface area contributed by atoms with Gasteiger partial charge in [-0.2, -0.15) is 0 Å². The van der Waals surface area contributed by atoms with E-state index >= 15 is 0 Å². The van der Waals surface area contributed by atoms with Gasteiger partial charge in [-0.1, -0.05) is 23.1 Å². The third-order valence-corrected chi connectivity index (χ3v) is 5.14. The molecule has 7 nitrogen and oxygen atoms in total. The summed E-state index contributed by atoms with van der Waals surface area (Å²) in [6.45, 7) is 2.00. The van der Waals surface area contributed by atoms with Crippen LogP contribution in [0.15, 0.2) is 33.0 Å². The molecule has 0 saturated carbocycles. The second kappa shape index (κ2) is 6.97. The van der Waals surface area contributed by atoms with Crippen LogP contribution in [0.5, 0.6) is 5.75 Å². The van der Waals surface area contributed by atoms with Gasteiger partial charge in [-0.15, -0.1) is 20.4 Å². The number of hydrogen-bond acceptors (Lipinski definition) is 9. The summed E-state index contributed by atoms with van der Waals surface area (Å²) < 4.78 is 11.8. The highest BCUT2D eigenvalue weighted by atomic mass is 32.2. The van der Waals surface area contributed by atoms with Crippen LogP contribution in [0.25, 0.3) is 11.5 Å². The summed E-state index contributed by atoms with van der Waals surface area (Å²) in [5.41, 5.74) is 0.857. The molecule has 0 aliphatic carbocycles. The molecule has 9 heteroatoms. The Morgan fingerprint density at radius 2 is 1.96 bits per heavy atom. The lowest BCUT2D eigenvalue weighted by Gasteiger charge is -2.02. The Balaban J connectivity index is 1.72. The van der Waals surface area contributed by atoms with E-state index in [-0.39, 0.29) is 5.25 Å². The molecule has 120 valence electrons. The van der Waals surface area contributed by atoms with Crippen LogP contribution in [-0.4, -0.2) is 34.6 Å². The summed E-state index contributed by atoms with van der Waals surface area (Å²) in [4.78, 5) is 0. The molecule has 0 fully saturated rings. The zero-order valence-electron chi connectivity index (χ0n) is 12.8. The minimum Gasteiger partial charge on any atom is -0.497 e. The van der Waals surface area contributed by atoms with Crippen molar-refractivity contribution in [3.05, 3.63) is 30.2 Å². The van der Waals surface area contributed by atoms with Crippen molar-refractivity contribution in [2.45, 2.75) is 16.5 Å². The summed E-state index contributed by atoms with van der Waals surface area (Å²) in [5, 5.41) is 20.1. The number of ether oxygens (including phenoxy) is 1. The SMILES string of the molecule is CNc1nnc(S[C@@H](C)c2nnc(-c3ccc(OC)cc3)o2)s1. The number of methoxy groups -OCH3 is 1. The molecule has 2 aromatic heterocycles. The highest BCUT2D eigenvalue weighted by molar-refractivity contribution is 8.01. The maximum absolute atomic E-state index is 5.77. The summed E-state index contributed by atoms with van der Waals surface area (Å²) >= 11 is 3.03. The van der Waals surface area contributed by atoms with Crippen LogP contribution in [0.4, 0.5) is 5.13 Å². The molecule has 0 aliphatic rings. The van der Waals surface area contributed by atoms with Crippen molar-refractivity contribution in [2.75, 3.05) is 19.5 Å². The second-order valence-corrected chi connectivity index (χ2v) is 7.12. The predicted octanol–water partition coefficient (Wildman–Crippen LogP) is 3.49. The number of aromatic nitrogens is 4. The van der Waals surface area contributed by atoms with Crippen LogP contribution >= 0.6 is 23.1 Å². The van der Waals surface area contributed by atoms with Gasteiger partial charge in [0.1, 0.15) is 5.75 Å². The fourth-order valence-electron chi connectivity index (χ4n) is 1.81. The molecule has 3 rings (SSSR count). The van der Waals surface area contributed by atoms with Crippen molar-refractivity contribution in [3.63, 3.8) is 0 Å². The molecule has 23 heavy (non-hydrogen) atoms. The van der Waals surface area contributed by atoms with E-state index in [0.29, 0.717) is 11.8 Å².